The molecule has 2 rings (SSSR count). The predicted molar refractivity (Wildman–Crippen MR) is 121 cm³/mol. The van der Waals surface area contributed by atoms with Gasteiger partial charge in [-0.2, -0.15) is 35.2 Å². The SMILES string of the molecule is NS(=O)(=O)NCCNc1cc(Nc2cccc(S(=O)(=O)O)c2)nc(NCCNS(N)(=O)=O)n1. The van der Waals surface area contributed by atoms with E-state index in [1.54, 1.807) is 0 Å². The van der Waals surface area contributed by atoms with Gasteiger partial charge < -0.3 is 16.0 Å². The van der Waals surface area contributed by atoms with Gasteiger partial charge in [0.1, 0.15) is 11.6 Å². The third-order valence-electron chi connectivity index (χ3n) is 3.58. The number of nitrogens with two attached hydrogens (primary N) is 2. The summed E-state index contributed by atoms with van der Waals surface area (Å²) < 4.78 is 79.8. The number of benzene rings is 1. The zero-order chi connectivity index (χ0) is 24.7. The highest BCUT2D eigenvalue weighted by molar-refractivity contribution is 7.87. The highest BCUT2D eigenvalue weighted by atomic mass is 32.2. The summed E-state index contributed by atoms with van der Waals surface area (Å²) in [7, 11) is -12.2. The number of nitrogens with zero attached hydrogens (tertiary/aromatic N) is 2. The maximum Gasteiger partial charge on any atom is 0.294 e. The van der Waals surface area contributed by atoms with Crippen LogP contribution in [0, 0.1) is 0 Å². The van der Waals surface area contributed by atoms with E-state index < -0.39 is 30.5 Å². The minimum absolute atomic E-state index is 0.0386. The fourth-order valence-corrected chi connectivity index (χ4v) is 3.61. The summed E-state index contributed by atoms with van der Waals surface area (Å²) in [4.78, 5) is 8.04. The summed E-state index contributed by atoms with van der Waals surface area (Å²) in [6.45, 7) is 0.0857. The van der Waals surface area contributed by atoms with Gasteiger partial charge in [0.15, 0.2) is 0 Å². The van der Waals surface area contributed by atoms with Crippen molar-refractivity contribution in [1.82, 2.24) is 19.4 Å². The lowest BCUT2D eigenvalue weighted by Crippen LogP contribution is -2.34. The summed E-state index contributed by atoms with van der Waals surface area (Å²) in [5, 5.41) is 18.2. The minimum atomic E-state index is -4.42. The molecule has 0 unspecified atom stereocenters. The van der Waals surface area contributed by atoms with Crippen molar-refractivity contribution >= 4 is 53.8 Å². The fraction of sp³-hybridized carbons (Fsp3) is 0.286. The van der Waals surface area contributed by atoms with E-state index in [2.05, 4.69) is 35.4 Å². The van der Waals surface area contributed by atoms with E-state index in [0.717, 1.165) is 0 Å². The molecule has 0 aliphatic carbocycles. The topological polar surface area (TPSA) is 261 Å². The molecule has 19 heteroatoms. The standard InChI is InChI=1S/C14H23N9O7S3/c15-32(27,28)19-6-4-17-12-9-13(21-10-2-1-3-11(8-10)31(24,25)26)23-14(22-12)18-5-7-20-33(16,29)30/h1-3,8-9,19-20H,4-7H2,(H2,15,27,28)(H2,16,29,30)(H,24,25,26)(H3,17,18,21,22,23). The molecule has 0 saturated heterocycles. The number of hydrogen-bond acceptors (Lipinski definition) is 11. The minimum Gasteiger partial charge on any atom is -0.369 e. The van der Waals surface area contributed by atoms with Gasteiger partial charge >= 0.3 is 0 Å². The lowest BCUT2D eigenvalue weighted by Gasteiger charge is -2.13. The molecule has 0 aliphatic rings. The number of anilines is 4. The zero-order valence-electron chi connectivity index (χ0n) is 16.9. The van der Waals surface area contributed by atoms with Crippen LogP contribution in [0.5, 0.6) is 0 Å². The second-order valence-electron chi connectivity index (χ2n) is 6.32. The molecule has 184 valence electrons. The van der Waals surface area contributed by atoms with Crippen LogP contribution < -0.4 is 35.7 Å². The van der Waals surface area contributed by atoms with Gasteiger partial charge in [-0.3, -0.25) is 4.55 Å². The Balaban J connectivity index is 2.19. The van der Waals surface area contributed by atoms with Crippen LogP contribution in [0.1, 0.15) is 0 Å². The number of aromatic nitrogens is 2. The smallest absolute Gasteiger partial charge is 0.294 e. The second kappa shape index (κ2) is 11.0. The van der Waals surface area contributed by atoms with E-state index in [4.69, 9.17) is 10.3 Å². The zero-order valence-corrected chi connectivity index (χ0v) is 19.3. The first kappa shape index (κ1) is 26.6. The van der Waals surface area contributed by atoms with E-state index in [1.807, 2.05) is 0 Å². The largest absolute Gasteiger partial charge is 0.369 e. The monoisotopic (exact) mass is 525 g/mol. The molecule has 1 heterocycles. The molecule has 0 fully saturated rings. The highest BCUT2D eigenvalue weighted by Gasteiger charge is 2.11. The molecule has 0 bridgehead atoms. The molecule has 1 aromatic carbocycles. The summed E-state index contributed by atoms with van der Waals surface area (Å²) >= 11 is 0. The van der Waals surface area contributed by atoms with Crippen LogP contribution in [0.2, 0.25) is 0 Å². The summed E-state index contributed by atoms with van der Waals surface area (Å²) in [5.41, 5.74) is 0.285. The Labute approximate surface area is 190 Å². The summed E-state index contributed by atoms with van der Waals surface area (Å²) in [6, 6.07) is 6.78. The Morgan fingerprint density at radius 2 is 1.36 bits per heavy atom. The van der Waals surface area contributed by atoms with Crippen molar-refractivity contribution in [2.45, 2.75) is 4.90 Å². The van der Waals surface area contributed by atoms with Crippen LogP contribution in [0.4, 0.5) is 23.3 Å². The highest BCUT2D eigenvalue weighted by Crippen LogP contribution is 2.21. The Morgan fingerprint density at radius 1 is 0.788 bits per heavy atom. The molecule has 33 heavy (non-hydrogen) atoms. The van der Waals surface area contributed by atoms with E-state index in [0.29, 0.717) is 0 Å². The normalized spacial score (nSPS) is 12.3. The van der Waals surface area contributed by atoms with Crippen LogP contribution in [-0.2, 0) is 30.5 Å². The van der Waals surface area contributed by atoms with E-state index in [9.17, 15) is 29.8 Å². The van der Waals surface area contributed by atoms with Crippen molar-refractivity contribution < 1.29 is 29.8 Å². The maximum atomic E-state index is 11.3. The van der Waals surface area contributed by atoms with E-state index >= 15 is 0 Å². The van der Waals surface area contributed by atoms with Gasteiger partial charge in [-0.05, 0) is 18.2 Å². The maximum absolute atomic E-state index is 11.3. The van der Waals surface area contributed by atoms with Gasteiger partial charge in [0.05, 0.1) is 4.90 Å². The average Bonchev–Trinajstić information content (AvgIpc) is 2.67. The average molecular weight is 526 g/mol. The van der Waals surface area contributed by atoms with Crippen LogP contribution >= 0.6 is 0 Å². The predicted octanol–water partition coefficient (Wildman–Crippen LogP) is -2.12. The van der Waals surface area contributed by atoms with Crippen molar-refractivity contribution in [3.8, 4) is 0 Å². The molecular weight excluding hydrogens is 502 g/mol. The fourth-order valence-electron chi connectivity index (χ4n) is 2.31. The molecule has 0 amide bonds. The lowest BCUT2D eigenvalue weighted by molar-refractivity contribution is 0.483. The molecule has 0 radical (unpaired) electrons. The van der Waals surface area contributed by atoms with Crippen LogP contribution in [-0.4, -0.2) is 66.0 Å². The van der Waals surface area contributed by atoms with Crippen LogP contribution in [0.25, 0.3) is 0 Å². The first-order valence-electron chi connectivity index (χ1n) is 8.97. The van der Waals surface area contributed by atoms with Gasteiger partial charge in [0, 0.05) is 37.9 Å². The van der Waals surface area contributed by atoms with Crippen LogP contribution in [0.3, 0.4) is 0 Å². The molecule has 0 atom stereocenters. The van der Waals surface area contributed by atoms with Crippen molar-refractivity contribution in [2.24, 2.45) is 10.3 Å². The molecule has 1 aromatic heterocycles. The third kappa shape index (κ3) is 10.7. The molecule has 10 N–H and O–H groups in total. The van der Waals surface area contributed by atoms with Crippen molar-refractivity contribution in [2.75, 3.05) is 42.1 Å². The first-order valence-corrected chi connectivity index (χ1v) is 13.5. The third-order valence-corrected chi connectivity index (χ3v) is 5.64. The van der Waals surface area contributed by atoms with Gasteiger partial charge in [-0.15, -0.1) is 0 Å². The Hall–Kier alpha value is -2.65. The van der Waals surface area contributed by atoms with Crippen molar-refractivity contribution in [3.05, 3.63) is 30.3 Å². The molecular formula is C14H23N9O7S3. The molecule has 16 nitrogen and oxygen atoms in total. The molecule has 0 saturated carbocycles. The molecule has 0 spiro atoms. The van der Waals surface area contributed by atoms with Gasteiger partial charge in [0.2, 0.25) is 5.95 Å². The van der Waals surface area contributed by atoms with Gasteiger partial charge in [-0.25, -0.2) is 19.7 Å². The second-order valence-corrected chi connectivity index (χ2v) is 10.5. The Kier molecular flexibility index (Phi) is 8.85. The number of hydrogen-bond donors (Lipinski definition) is 8. The number of nitrogens with one attached hydrogen (secondary N) is 5. The Bertz CT molecular complexity index is 1230. The first-order chi connectivity index (χ1) is 15.2. The molecule has 0 aliphatic heterocycles. The van der Waals surface area contributed by atoms with Crippen LogP contribution in [0.15, 0.2) is 35.2 Å². The summed E-state index contributed by atoms with van der Waals surface area (Å²) in [6.07, 6.45) is 0. The van der Waals surface area contributed by atoms with Crippen molar-refractivity contribution in [3.63, 3.8) is 0 Å². The van der Waals surface area contributed by atoms with Crippen molar-refractivity contribution in [1.29, 1.82) is 0 Å². The lowest BCUT2D eigenvalue weighted by atomic mass is 10.3. The van der Waals surface area contributed by atoms with Gasteiger partial charge in [-0.1, -0.05) is 6.07 Å². The van der Waals surface area contributed by atoms with E-state index in [1.165, 1.54) is 30.3 Å². The molecule has 2 aromatic rings. The quantitative estimate of drug-likeness (QED) is 0.103. The number of rotatable bonds is 13. The Morgan fingerprint density at radius 3 is 1.94 bits per heavy atom. The van der Waals surface area contributed by atoms with E-state index in [-0.39, 0.29) is 54.3 Å². The summed E-state index contributed by atoms with van der Waals surface area (Å²) in [5.74, 6) is 0.502. The van der Waals surface area contributed by atoms with Gasteiger partial charge in [0.25, 0.3) is 30.5 Å².